The molecule has 8 nitrogen and oxygen atoms in total. The molecule has 2 aromatic heterocycles. The summed E-state index contributed by atoms with van der Waals surface area (Å²) in [7, 11) is 0. The third-order valence-corrected chi connectivity index (χ3v) is 7.11. The van der Waals surface area contributed by atoms with Crippen molar-refractivity contribution in [1.82, 2.24) is 9.97 Å². The number of nitrogens with zero attached hydrogens (tertiary/aromatic N) is 3. The number of rotatable bonds is 5. The van der Waals surface area contributed by atoms with Crippen LogP contribution in [0.15, 0.2) is 53.5 Å². The Balaban J connectivity index is 0.00000180. The fraction of sp³-hybridized carbons (Fsp3) is 0.280. The Morgan fingerprint density at radius 3 is 2.61 bits per heavy atom. The summed E-state index contributed by atoms with van der Waals surface area (Å²) in [6, 6.07) is 15.9. The molecule has 6 N–H and O–H groups in total. The van der Waals surface area contributed by atoms with Crippen LogP contribution in [0.3, 0.4) is 0 Å². The third-order valence-electron chi connectivity index (χ3n) is 6.08. The van der Waals surface area contributed by atoms with Crippen LogP contribution in [0, 0.1) is 6.92 Å². The number of aryl methyl sites for hydroxylation is 1. The summed E-state index contributed by atoms with van der Waals surface area (Å²) in [5, 5.41) is 9.21. The van der Waals surface area contributed by atoms with Crippen molar-refractivity contribution in [3.8, 4) is 0 Å². The summed E-state index contributed by atoms with van der Waals surface area (Å²) >= 11 is 1.52. The Morgan fingerprint density at radius 2 is 1.83 bits per heavy atom. The summed E-state index contributed by atoms with van der Waals surface area (Å²) in [6.45, 7) is 2.02. The van der Waals surface area contributed by atoms with Gasteiger partial charge in [0.2, 0.25) is 5.82 Å². The molecule has 0 aliphatic heterocycles. The molecular weight excluding hydrogens is 517 g/mol. The number of benzene rings is 2. The first-order valence-corrected chi connectivity index (χ1v) is 12.2. The number of guanidine groups is 1. The van der Waals surface area contributed by atoms with Gasteiger partial charge in [-0.25, -0.2) is 15.0 Å². The molecule has 2 atom stereocenters. The summed E-state index contributed by atoms with van der Waals surface area (Å²) in [5.41, 5.74) is 13.1. The number of halogens is 2. The molecule has 0 bridgehead atoms. The van der Waals surface area contributed by atoms with Crippen molar-refractivity contribution in [2.45, 2.75) is 44.7 Å². The van der Waals surface area contributed by atoms with Crippen molar-refractivity contribution in [3.05, 3.63) is 59.9 Å². The minimum atomic E-state index is -0.346. The topological polar surface area (TPSA) is 131 Å². The second kappa shape index (κ2) is 11.7. The first-order chi connectivity index (χ1) is 16.5. The average molecular weight is 547 g/mol. The van der Waals surface area contributed by atoms with Crippen molar-refractivity contribution >= 4 is 79.8 Å². The lowest BCUT2D eigenvalue weighted by Gasteiger charge is -2.30. The molecule has 0 saturated heterocycles. The van der Waals surface area contributed by atoms with Crippen LogP contribution < -0.4 is 22.1 Å². The van der Waals surface area contributed by atoms with Gasteiger partial charge in [0.15, 0.2) is 5.96 Å². The third kappa shape index (κ3) is 5.98. The van der Waals surface area contributed by atoms with Gasteiger partial charge in [-0.3, -0.25) is 4.79 Å². The molecule has 0 radical (unpaired) electrons. The molecule has 11 heteroatoms. The molecule has 0 unspecified atom stereocenters. The highest BCUT2D eigenvalue weighted by atomic mass is 35.5. The fourth-order valence-electron chi connectivity index (χ4n) is 4.47. The largest absolute Gasteiger partial charge is 0.370 e. The molecule has 1 aliphatic carbocycles. The van der Waals surface area contributed by atoms with Crippen LogP contribution in [-0.4, -0.2) is 33.9 Å². The van der Waals surface area contributed by atoms with E-state index >= 15 is 0 Å². The number of aromatic nitrogens is 2. The number of amides is 1. The number of anilines is 2. The minimum Gasteiger partial charge on any atom is -0.370 e. The lowest BCUT2D eigenvalue weighted by atomic mass is 9.90. The van der Waals surface area contributed by atoms with E-state index in [9.17, 15) is 4.79 Å². The van der Waals surface area contributed by atoms with Gasteiger partial charge in [-0.2, -0.15) is 0 Å². The van der Waals surface area contributed by atoms with Crippen LogP contribution >= 0.6 is 36.2 Å². The standard InChI is InChI=1S/C25H27N7OS.2ClH/c1-14-10-11-17-16(12-14)22(29-18-7-3-4-8-19(18)30-25(26)27)32-23(28-17)24(33)31-21-13-15-6-2-5-9-20(15)34-21;;/h2,5-6,9-13,18-19H,3-4,7-8H2,1H3,(H,31,33)(H4,26,27,30)(H,28,29,32);2*1H/t18-,19+;;/m0../s1. The molecule has 36 heavy (non-hydrogen) atoms. The highest BCUT2D eigenvalue weighted by Gasteiger charge is 2.26. The number of nitrogens with two attached hydrogens (primary N) is 2. The highest BCUT2D eigenvalue weighted by molar-refractivity contribution is 7.23. The van der Waals surface area contributed by atoms with Crippen LogP contribution in [0.2, 0.25) is 0 Å². The van der Waals surface area contributed by atoms with Crippen molar-refractivity contribution in [2.24, 2.45) is 16.5 Å². The molecule has 2 heterocycles. The number of carbonyl (C=O) groups is 1. The maximum absolute atomic E-state index is 13.1. The van der Waals surface area contributed by atoms with Crippen LogP contribution in [0.5, 0.6) is 0 Å². The number of hydrogen-bond donors (Lipinski definition) is 4. The maximum atomic E-state index is 13.1. The highest BCUT2D eigenvalue weighted by Crippen LogP contribution is 2.31. The first-order valence-electron chi connectivity index (χ1n) is 11.4. The number of nitrogens with one attached hydrogen (secondary N) is 2. The minimum absolute atomic E-state index is 0. The monoisotopic (exact) mass is 545 g/mol. The molecule has 1 aliphatic rings. The molecule has 1 saturated carbocycles. The van der Waals surface area contributed by atoms with Crippen LogP contribution in [0.4, 0.5) is 10.8 Å². The van der Waals surface area contributed by atoms with Gasteiger partial charge in [-0.15, -0.1) is 36.2 Å². The Labute approximate surface area is 225 Å². The predicted molar refractivity (Wildman–Crippen MR) is 154 cm³/mol. The van der Waals surface area contributed by atoms with Gasteiger partial charge < -0.3 is 22.1 Å². The van der Waals surface area contributed by atoms with Crippen molar-refractivity contribution in [1.29, 1.82) is 0 Å². The summed E-state index contributed by atoms with van der Waals surface area (Å²) in [6.07, 6.45) is 3.97. The van der Waals surface area contributed by atoms with E-state index in [1.807, 2.05) is 55.5 Å². The summed E-state index contributed by atoms with van der Waals surface area (Å²) in [5.74, 6) is 0.482. The SMILES string of the molecule is Cc1ccc2nc(C(=O)Nc3cc4ccccc4s3)nc(N[C@H]3CCCC[C@H]3N=C(N)N)c2c1.Cl.Cl. The zero-order valence-electron chi connectivity index (χ0n) is 19.7. The van der Waals surface area contributed by atoms with Crippen molar-refractivity contribution in [3.63, 3.8) is 0 Å². The summed E-state index contributed by atoms with van der Waals surface area (Å²) < 4.78 is 1.11. The lowest BCUT2D eigenvalue weighted by molar-refractivity contribution is 0.101. The molecule has 4 aromatic rings. The van der Waals surface area contributed by atoms with E-state index in [-0.39, 0.29) is 54.6 Å². The Morgan fingerprint density at radius 1 is 1.06 bits per heavy atom. The van der Waals surface area contributed by atoms with Gasteiger partial charge in [0, 0.05) is 10.1 Å². The Bertz CT molecular complexity index is 1370. The number of fused-ring (bicyclic) bond motifs is 2. The molecule has 1 amide bonds. The van der Waals surface area contributed by atoms with E-state index in [1.54, 1.807) is 0 Å². The Hall–Kier alpha value is -3.14. The molecular formula is C25H29Cl2N7OS. The van der Waals surface area contributed by atoms with E-state index in [2.05, 4.69) is 25.6 Å². The number of carbonyl (C=O) groups excluding carboxylic acids is 1. The van der Waals surface area contributed by atoms with Gasteiger partial charge in [0.1, 0.15) is 5.82 Å². The van der Waals surface area contributed by atoms with E-state index in [0.29, 0.717) is 11.3 Å². The number of hydrogen-bond acceptors (Lipinski definition) is 6. The fourth-order valence-corrected chi connectivity index (χ4v) is 5.42. The predicted octanol–water partition coefficient (Wildman–Crippen LogP) is 5.25. The second-order valence-electron chi connectivity index (χ2n) is 8.68. The van der Waals surface area contributed by atoms with E-state index in [0.717, 1.165) is 51.7 Å². The molecule has 2 aromatic carbocycles. The van der Waals surface area contributed by atoms with E-state index in [1.165, 1.54) is 11.3 Å². The average Bonchev–Trinajstić information content (AvgIpc) is 3.22. The maximum Gasteiger partial charge on any atom is 0.294 e. The number of aliphatic imine (C=N–C) groups is 1. The van der Waals surface area contributed by atoms with Gasteiger partial charge in [0.25, 0.3) is 5.91 Å². The van der Waals surface area contributed by atoms with E-state index in [4.69, 9.17) is 11.5 Å². The van der Waals surface area contributed by atoms with Gasteiger partial charge in [-0.1, -0.05) is 42.7 Å². The number of thiophene rings is 1. The summed E-state index contributed by atoms with van der Waals surface area (Å²) in [4.78, 5) is 26.8. The van der Waals surface area contributed by atoms with Crippen LogP contribution in [0.25, 0.3) is 21.0 Å². The molecule has 1 fully saturated rings. The quantitative estimate of drug-likeness (QED) is 0.200. The van der Waals surface area contributed by atoms with Gasteiger partial charge in [0.05, 0.1) is 22.6 Å². The van der Waals surface area contributed by atoms with Gasteiger partial charge in [-0.05, 0) is 49.4 Å². The molecule has 190 valence electrons. The Kier molecular flexibility index (Phi) is 8.94. The lowest BCUT2D eigenvalue weighted by Crippen LogP contribution is -2.38. The molecule has 5 rings (SSSR count). The van der Waals surface area contributed by atoms with Crippen molar-refractivity contribution < 1.29 is 4.79 Å². The van der Waals surface area contributed by atoms with Crippen LogP contribution in [-0.2, 0) is 0 Å². The van der Waals surface area contributed by atoms with Gasteiger partial charge >= 0.3 is 0 Å². The second-order valence-corrected chi connectivity index (χ2v) is 9.76. The zero-order valence-corrected chi connectivity index (χ0v) is 22.2. The normalized spacial score (nSPS) is 17.0. The smallest absolute Gasteiger partial charge is 0.294 e. The van der Waals surface area contributed by atoms with E-state index < -0.39 is 0 Å². The van der Waals surface area contributed by atoms with Crippen molar-refractivity contribution in [2.75, 3.05) is 10.6 Å². The first kappa shape index (κ1) is 27.4. The van der Waals surface area contributed by atoms with Crippen LogP contribution in [0.1, 0.15) is 41.9 Å². The molecule has 0 spiro atoms. The zero-order chi connectivity index (χ0) is 23.7.